The molecular formula is C9H14N2O3S. The minimum absolute atomic E-state index is 0.353. The Balaban J connectivity index is 2.92. The van der Waals surface area contributed by atoms with E-state index in [1.165, 1.54) is 7.11 Å². The van der Waals surface area contributed by atoms with Crippen LogP contribution in [0.25, 0.3) is 0 Å². The zero-order valence-corrected chi connectivity index (χ0v) is 9.84. The summed E-state index contributed by atoms with van der Waals surface area (Å²) in [6.45, 7) is 2.12. The van der Waals surface area contributed by atoms with E-state index < -0.39 is 0 Å². The van der Waals surface area contributed by atoms with Gasteiger partial charge in [0.2, 0.25) is 5.88 Å². The van der Waals surface area contributed by atoms with Gasteiger partial charge in [0.1, 0.15) is 0 Å². The highest BCUT2D eigenvalue weighted by molar-refractivity contribution is 7.97. The lowest BCUT2D eigenvalue weighted by Crippen LogP contribution is -2.12. The first-order valence-electron chi connectivity index (χ1n) is 4.50. The van der Waals surface area contributed by atoms with Gasteiger partial charge in [0.05, 0.1) is 19.6 Å². The molecule has 0 bridgehead atoms. The summed E-state index contributed by atoms with van der Waals surface area (Å²) in [5.41, 5.74) is 0.419. The SMILES string of the molecule is CCOC(=O)c1cc(OC)nn1CSC. The highest BCUT2D eigenvalue weighted by Crippen LogP contribution is 2.14. The zero-order valence-electron chi connectivity index (χ0n) is 9.02. The molecule has 0 radical (unpaired) electrons. The molecule has 6 heteroatoms. The van der Waals surface area contributed by atoms with Gasteiger partial charge in [-0.1, -0.05) is 0 Å². The summed E-state index contributed by atoms with van der Waals surface area (Å²) in [5, 5.41) is 4.09. The number of nitrogens with zero attached hydrogens (tertiary/aromatic N) is 2. The van der Waals surface area contributed by atoms with E-state index in [2.05, 4.69) is 5.10 Å². The van der Waals surface area contributed by atoms with Gasteiger partial charge in [-0.25, -0.2) is 9.48 Å². The van der Waals surface area contributed by atoms with Crippen molar-refractivity contribution in [3.8, 4) is 5.88 Å². The van der Waals surface area contributed by atoms with Crippen molar-refractivity contribution in [1.82, 2.24) is 9.78 Å². The van der Waals surface area contributed by atoms with Crippen LogP contribution in [-0.2, 0) is 10.6 Å². The number of rotatable bonds is 5. The van der Waals surface area contributed by atoms with Gasteiger partial charge in [-0.15, -0.1) is 16.9 Å². The first-order chi connectivity index (χ1) is 7.22. The van der Waals surface area contributed by atoms with Crippen molar-refractivity contribution in [2.45, 2.75) is 12.8 Å². The molecule has 0 unspecified atom stereocenters. The van der Waals surface area contributed by atoms with Gasteiger partial charge in [-0.3, -0.25) is 0 Å². The molecule has 15 heavy (non-hydrogen) atoms. The lowest BCUT2D eigenvalue weighted by molar-refractivity contribution is 0.0513. The molecule has 5 nitrogen and oxygen atoms in total. The van der Waals surface area contributed by atoms with Crippen molar-refractivity contribution < 1.29 is 14.3 Å². The molecule has 1 rings (SSSR count). The number of carbonyl (C=O) groups excluding carboxylic acids is 1. The van der Waals surface area contributed by atoms with Gasteiger partial charge in [-0.2, -0.15) is 0 Å². The Morgan fingerprint density at radius 1 is 1.67 bits per heavy atom. The highest BCUT2D eigenvalue weighted by Gasteiger charge is 2.16. The van der Waals surface area contributed by atoms with Crippen LogP contribution >= 0.6 is 11.8 Å². The van der Waals surface area contributed by atoms with Crippen LogP contribution in [0.5, 0.6) is 5.88 Å². The third-order valence-electron chi connectivity index (χ3n) is 1.70. The fourth-order valence-corrected chi connectivity index (χ4v) is 1.52. The molecule has 0 aromatic carbocycles. The van der Waals surface area contributed by atoms with E-state index in [-0.39, 0.29) is 5.97 Å². The molecule has 0 fully saturated rings. The molecule has 0 amide bonds. The summed E-state index contributed by atoms with van der Waals surface area (Å²) in [6, 6.07) is 1.58. The number of hydrogen-bond acceptors (Lipinski definition) is 5. The molecule has 1 aromatic rings. The molecule has 1 heterocycles. The molecule has 0 saturated heterocycles. The fraction of sp³-hybridized carbons (Fsp3) is 0.556. The van der Waals surface area contributed by atoms with E-state index in [9.17, 15) is 4.79 Å². The Labute approximate surface area is 92.7 Å². The van der Waals surface area contributed by atoms with E-state index in [0.717, 1.165) is 0 Å². The number of esters is 1. The van der Waals surface area contributed by atoms with Crippen LogP contribution in [0.15, 0.2) is 6.07 Å². The quantitative estimate of drug-likeness (QED) is 0.715. The van der Waals surface area contributed by atoms with Crippen LogP contribution in [0.4, 0.5) is 0 Å². The van der Waals surface area contributed by atoms with Gasteiger partial charge in [0.15, 0.2) is 5.69 Å². The molecule has 0 aliphatic rings. The Kier molecular flexibility index (Phi) is 4.48. The van der Waals surface area contributed by atoms with E-state index in [1.807, 2.05) is 6.26 Å². The maximum atomic E-state index is 11.5. The Hall–Kier alpha value is -1.17. The molecule has 84 valence electrons. The fourth-order valence-electron chi connectivity index (χ4n) is 1.08. The minimum atomic E-state index is -0.373. The second kappa shape index (κ2) is 5.65. The molecule has 1 aromatic heterocycles. The molecule has 0 aliphatic carbocycles. The number of methoxy groups -OCH3 is 1. The molecule has 0 spiro atoms. The van der Waals surface area contributed by atoms with E-state index in [0.29, 0.717) is 24.1 Å². The van der Waals surface area contributed by atoms with Crippen LogP contribution in [0.3, 0.4) is 0 Å². The Morgan fingerprint density at radius 3 is 2.93 bits per heavy atom. The summed E-state index contributed by atoms with van der Waals surface area (Å²) in [4.78, 5) is 11.5. The second-order valence-corrected chi connectivity index (χ2v) is 3.55. The van der Waals surface area contributed by atoms with Crippen molar-refractivity contribution in [2.24, 2.45) is 0 Å². The summed E-state index contributed by atoms with van der Waals surface area (Å²) < 4.78 is 11.4. The normalized spacial score (nSPS) is 10.1. The molecule has 0 atom stereocenters. The van der Waals surface area contributed by atoms with Crippen molar-refractivity contribution >= 4 is 17.7 Å². The minimum Gasteiger partial charge on any atom is -0.480 e. The van der Waals surface area contributed by atoms with Gasteiger partial charge in [-0.05, 0) is 13.2 Å². The predicted molar refractivity (Wildman–Crippen MR) is 58.3 cm³/mol. The van der Waals surface area contributed by atoms with Crippen molar-refractivity contribution in [3.05, 3.63) is 11.8 Å². The van der Waals surface area contributed by atoms with Crippen LogP contribution in [0.2, 0.25) is 0 Å². The van der Waals surface area contributed by atoms with Gasteiger partial charge < -0.3 is 9.47 Å². The van der Waals surface area contributed by atoms with Crippen LogP contribution in [-0.4, -0.2) is 35.7 Å². The molecule has 0 aliphatic heterocycles. The summed E-state index contributed by atoms with van der Waals surface area (Å²) in [5.74, 6) is 0.645. The largest absolute Gasteiger partial charge is 0.480 e. The van der Waals surface area contributed by atoms with E-state index in [4.69, 9.17) is 9.47 Å². The topological polar surface area (TPSA) is 53.4 Å². The van der Waals surface area contributed by atoms with Gasteiger partial charge >= 0.3 is 5.97 Å². The third-order valence-corrected chi connectivity index (χ3v) is 2.21. The molecule has 0 N–H and O–H groups in total. The Bertz CT molecular complexity index is 338. The molecular weight excluding hydrogens is 216 g/mol. The standard InChI is InChI=1S/C9H14N2O3S/c1-4-14-9(12)7-5-8(13-2)10-11(7)6-15-3/h5H,4,6H2,1-3H3. The number of thioether (sulfide) groups is 1. The first kappa shape index (κ1) is 11.9. The van der Waals surface area contributed by atoms with Crippen molar-refractivity contribution in [1.29, 1.82) is 0 Å². The highest BCUT2D eigenvalue weighted by atomic mass is 32.2. The van der Waals surface area contributed by atoms with E-state index in [1.54, 1.807) is 29.4 Å². The molecule has 0 saturated carbocycles. The average molecular weight is 230 g/mol. The van der Waals surface area contributed by atoms with Crippen LogP contribution in [0, 0.1) is 0 Å². The van der Waals surface area contributed by atoms with Gasteiger partial charge in [0.25, 0.3) is 0 Å². The van der Waals surface area contributed by atoms with E-state index >= 15 is 0 Å². The first-order valence-corrected chi connectivity index (χ1v) is 5.90. The smallest absolute Gasteiger partial charge is 0.356 e. The number of aromatic nitrogens is 2. The lowest BCUT2D eigenvalue weighted by atomic mass is 10.4. The van der Waals surface area contributed by atoms with Crippen LogP contribution in [0.1, 0.15) is 17.4 Å². The van der Waals surface area contributed by atoms with Crippen LogP contribution < -0.4 is 4.74 Å². The maximum Gasteiger partial charge on any atom is 0.356 e. The average Bonchev–Trinajstić information content (AvgIpc) is 2.62. The maximum absolute atomic E-state index is 11.5. The summed E-state index contributed by atoms with van der Waals surface area (Å²) in [6.07, 6.45) is 1.93. The second-order valence-electron chi connectivity index (χ2n) is 2.71. The van der Waals surface area contributed by atoms with Gasteiger partial charge in [0, 0.05) is 6.07 Å². The zero-order chi connectivity index (χ0) is 11.3. The Morgan fingerprint density at radius 2 is 2.40 bits per heavy atom. The number of ether oxygens (including phenoxy) is 2. The lowest BCUT2D eigenvalue weighted by Gasteiger charge is -2.03. The van der Waals surface area contributed by atoms with Crippen molar-refractivity contribution in [2.75, 3.05) is 20.0 Å². The summed E-state index contributed by atoms with van der Waals surface area (Å²) >= 11 is 1.57. The summed E-state index contributed by atoms with van der Waals surface area (Å²) in [7, 11) is 1.51. The number of carbonyl (C=O) groups is 1. The predicted octanol–water partition coefficient (Wildman–Crippen LogP) is 1.39. The van der Waals surface area contributed by atoms with Crippen molar-refractivity contribution in [3.63, 3.8) is 0 Å². The monoisotopic (exact) mass is 230 g/mol. The number of hydrogen-bond donors (Lipinski definition) is 0. The third kappa shape index (κ3) is 2.89.